The van der Waals surface area contributed by atoms with Crippen LogP contribution in [0.3, 0.4) is 0 Å². The number of nitrogens with one attached hydrogen (secondary N) is 1. The van der Waals surface area contributed by atoms with Gasteiger partial charge in [0.1, 0.15) is 18.2 Å². The molecule has 1 aromatic heterocycles. The van der Waals surface area contributed by atoms with E-state index in [0.29, 0.717) is 11.6 Å². The van der Waals surface area contributed by atoms with E-state index in [1.165, 1.54) is 0 Å². The second-order valence-electron chi connectivity index (χ2n) is 5.65. The summed E-state index contributed by atoms with van der Waals surface area (Å²) in [5, 5.41) is 0.703. The van der Waals surface area contributed by atoms with Crippen molar-refractivity contribution >= 4 is 22.6 Å². The number of rotatable bonds is 7. The van der Waals surface area contributed by atoms with Crippen LogP contribution in [0.15, 0.2) is 42.5 Å². The number of imidazole rings is 1. The van der Waals surface area contributed by atoms with Gasteiger partial charge in [0.2, 0.25) is 0 Å². The molecule has 126 valence electrons. The third-order valence-electron chi connectivity index (χ3n) is 4.14. The van der Waals surface area contributed by atoms with Gasteiger partial charge in [-0.05, 0) is 55.6 Å². The monoisotopic (exact) mass is 343 g/mol. The number of fused-ring (bicyclic) bond motifs is 1. The Kier molecular flexibility index (Phi) is 5.38. The molecule has 0 unspecified atom stereocenters. The van der Waals surface area contributed by atoms with E-state index in [-0.39, 0.29) is 0 Å². The maximum atomic E-state index is 6.02. The molecule has 5 heteroatoms. The van der Waals surface area contributed by atoms with Crippen molar-refractivity contribution < 1.29 is 4.74 Å². The number of nitrogens with zero attached hydrogens (tertiary/aromatic N) is 2. The van der Waals surface area contributed by atoms with Gasteiger partial charge in [-0.2, -0.15) is 0 Å². The van der Waals surface area contributed by atoms with E-state index in [1.807, 2.05) is 42.5 Å². The first-order valence-electron chi connectivity index (χ1n) is 8.30. The molecule has 1 heterocycles. The minimum Gasteiger partial charge on any atom is -0.492 e. The van der Waals surface area contributed by atoms with E-state index in [1.54, 1.807) is 0 Å². The van der Waals surface area contributed by atoms with Crippen LogP contribution >= 0.6 is 11.6 Å². The van der Waals surface area contributed by atoms with Crippen molar-refractivity contribution in [3.63, 3.8) is 0 Å². The Hall–Kier alpha value is -2.04. The second kappa shape index (κ2) is 7.69. The highest BCUT2D eigenvalue weighted by molar-refractivity contribution is 6.31. The molecule has 0 amide bonds. The zero-order valence-corrected chi connectivity index (χ0v) is 14.8. The SMILES string of the molecule is CCN(CC)CCOc1ccc(-c2nc3ccc(Cl)cc3[nH]2)cc1. The van der Waals surface area contributed by atoms with E-state index in [2.05, 4.69) is 28.7 Å². The Balaban J connectivity index is 1.67. The molecule has 0 aliphatic rings. The fraction of sp³-hybridized carbons (Fsp3) is 0.316. The highest BCUT2D eigenvalue weighted by Crippen LogP contribution is 2.24. The van der Waals surface area contributed by atoms with Crippen molar-refractivity contribution in [2.75, 3.05) is 26.2 Å². The number of ether oxygens (including phenoxy) is 1. The molecule has 0 radical (unpaired) electrons. The summed E-state index contributed by atoms with van der Waals surface area (Å²) >= 11 is 6.02. The molecule has 4 nitrogen and oxygen atoms in total. The van der Waals surface area contributed by atoms with Crippen molar-refractivity contribution in [3.8, 4) is 17.1 Å². The van der Waals surface area contributed by atoms with Crippen molar-refractivity contribution in [3.05, 3.63) is 47.5 Å². The third kappa shape index (κ3) is 3.89. The highest BCUT2D eigenvalue weighted by Gasteiger charge is 2.06. The molecule has 24 heavy (non-hydrogen) atoms. The topological polar surface area (TPSA) is 41.1 Å². The Morgan fingerprint density at radius 2 is 1.83 bits per heavy atom. The molecule has 1 N–H and O–H groups in total. The van der Waals surface area contributed by atoms with Crippen molar-refractivity contribution in [2.24, 2.45) is 0 Å². The average Bonchev–Trinajstić information content (AvgIpc) is 3.02. The maximum Gasteiger partial charge on any atom is 0.138 e. The molecule has 3 aromatic rings. The van der Waals surface area contributed by atoms with E-state index < -0.39 is 0 Å². The number of aromatic amines is 1. The molecule has 0 fully saturated rings. The second-order valence-corrected chi connectivity index (χ2v) is 6.08. The predicted octanol–water partition coefficient (Wildman–Crippen LogP) is 4.60. The summed E-state index contributed by atoms with van der Waals surface area (Å²) in [6.45, 7) is 8.07. The Morgan fingerprint density at radius 1 is 1.08 bits per heavy atom. The number of hydrogen-bond acceptors (Lipinski definition) is 3. The normalized spacial score (nSPS) is 11.3. The van der Waals surface area contributed by atoms with Gasteiger partial charge in [-0.1, -0.05) is 25.4 Å². The van der Waals surface area contributed by atoms with Crippen LogP contribution in [0, 0.1) is 0 Å². The number of likely N-dealkylation sites (N-methyl/N-ethyl adjacent to an activating group) is 1. The van der Waals surface area contributed by atoms with Crippen LogP contribution < -0.4 is 4.74 Å². The van der Waals surface area contributed by atoms with Crippen LogP contribution in [0.4, 0.5) is 0 Å². The largest absolute Gasteiger partial charge is 0.492 e. The Labute approximate surface area is 147 Å². The molecule has 0 saturated carbocycles. The lowest BCUT2D eigenvalue weighted by Crippen LogP contribution is -2.27. The van der Waals surface area contributed by atoms with Crippen LogP contribution in [-0.4, -0.2) is 41.1 Å². The first-order valence-corrected chi connectivity index (χ1v) is 8.68. The lowest BCUT2D eigenvalue weighted by Gasteiger charge is -2.18. The first kappa shape index (κ1) is 16.8. The van der Waals surface area contributed by atoms with Crippen LogP contribution in [0.2, 0.25) is 5.02 Å². The summed E-state index contributed by atoms with van der Waals surface area (Å²) in [6.07, 6.45) is 0. The van der Waals surface area contributed by atoms with Gasteiger partial charge in [0.25, 0.3) is 0 Å². The van der Waals surface area contributed by atoms with Crippen LogP contribution in [0.1, 0.15) is 13.8 Å². The summed E-state index contributed by atoms with van der Waals surface area (Å²) in [4.78, 5) is 10.2. The zero-order chi connectivity index (χ0) is 16.9. The van der Waals surface area contributed by atoms with Crippen LogP contribution in [0.5, 0.6) is 5.75 Å². The van der Waals surface area contributed by atoms with Gasteiger partial charge < -0.3 is 14.6 Å². The lowest BCUT2D eigenvalue weighted by atomic mass is 10.2. The number of hydrogen-bond donors (Lipinski definition) is 1. The molecule has 0 saturated heterocycles. The molecule has 3 rings (SSSR count). The molecule has 0 aliphatic heterocycles. The quantitative estimate of drug-likeness (QED) is 0.681. The van der Waals surface area contributed by atoms with Gasteiger partial charge in [0, 0.05) is 17.1 Å². The third-order valence-corrected chi connectivity index (χ3v) is 4.38. The fourth-order valence-electron chi connectivity index (χ4n) is 2.66. The molecule has 0 bridgehead atoms. The lowest BCUT2D eigenvalue weighted by molar-refractivity contribution is 0.223. The predicted molar refractivity (Wildman–Crippen MR) is 99.8 cm³/mol. The van der Waals surface area contributed by atoms with Crippen LogP contribution in [-0.2, 0) is 0 Å². The van der Waals surface area contributed by atoms with E-state index >= 15 is 0 Å². The van der Waals surface area contributed by atoms with Gasteiger partial charge in [0.05, 0.1) is 11.0 Å². The van der Waals surface area contributed by atoms with Crippen molar-refractivity contribution in [1.82, 2.24) is 14.9 Å². The standard InChI is InChI=1S/C19H22ClN3O/c1-3-23(4-2)11-12-24-16-8-5-14(6-9-16)19-21-17-10-7-15(20)13-18(17)22-19/h5-10,13H,3-4,11-12H2,1-2H3,(H,21,22). The van der Waals surface area contributed by atoms with E-state index in [9.17, 15) is 0 Å². The van der Waals surface area contributed by atoms with E-state index in [0.717, 1.165) is 47.8 Å². The fourth-order valence-corrected chi connectivity index (χ4v) is 2.83. The molecular weight excluding hydrogens is 322 g/mol. The number of benzene rings is 2. The smallest absolute Gasteiger partial charge is 0.138 e. The Morgan fingerprint density at radius 3 is 2.54 bits per heavy atom. The van der Waals surface area contributed by atoms with E-state index in [4.69, 9.17) is 16.3 Å². The van der Waals surface area contributed by atoms with Crippen LogP contribution in [0.25, 0.3) is 22.4 Å². The number of halogens is 1. The minimum absolute atomic E-state index is 0.699. The Bertz CT molecular complexity index is 794. The summed E-state index contributed by atoms with van der Waals surface area (Å²) in [6, 6.07) is 13.7. The summed E-state index contributed by atoms with van der Waals surface area (Å²) in [7, 11) is 0. The average molecular weight is 344 g/mol. The van der Waals surface area contributed by atoms with Gasteiger partial charge >= 0.3 is 0 Å². The van der Waals surface area contributed by atoms with Gasteiger partial charge in [-0.3, -0.25) is 0 Å². The van der Waals surface area contributed by atoms with Gasteiger partial charge in [-0.25, -0.2) is 4.98 Å². The summed E-state index contributed by atoms with van der Waals surface area (Å²) < 4.78 is 5.82. The molecule has 2 aromatic carbocycles. The number of H-pyrrole nitrogens is 1. The van der Waals surface area contributed by atoms with Gasteiger partial charge in [0.15, 0.2) is 0 Å². The molecule has 0 spiro atoms. The zero-order valence-electron chi connectivity index (χ0n) is 14.1. The summed E-state index contributed by atoms with van der Waals surface area (Å²) in [5.74, 6) is 1.71. The molecular formula is C19H22ClN3O. The van der Waals surface area contributed by atoms with Gasteiger partial charge in [-0.15, -0.1) is 0 Å². The first-order chi connectivity index (χ1) is 11.7. The summed E-state index contributed by atoms with van der Waals surface area (Å²) in [5.41, 5.74) is 2.88. The van der Waals surface area contributed by atoms with Crippen molar-refractivity contribution in [1.29, 1.82) is 0 Å². The van der Waals surface area contributed by atoms with Crippen molar-refractivity contribution in [2.45, 2.75) is 13.8 Å². The highest BCUT2D eigenvalue weighted by atomic mass is 35.5. The minimum atomic E-state index is 0.699. The molecule has 0 aliphatic carbocycles. The number of aromatic nitrogens is 2. The molecule has 0 atom stereocenters. The maximum absolute atomic E-state index is 6.02.